The van der Waals surface area contributed by atoms with Crippen molar-refractivity contribution >= 4 is 5.91 Å². The second-order valence-corrected chi connectivity index (χ2v) is 25.3. The highest BCUT2D eigenvalue weighted by molar-refractivity contribution is 5.76. The van der Waals surface area contributed by atoms with Crippen LogP contribution in [0.3, 0.4) is 0 Å². The summed E-state index contributed by atoms with van der Waals surface area (Å²) < 4.78 is 34.4. The molecule has 3 fully saturated rings. The van der Waals surface area contributed by atoms with Crippen molar-refractivity contribution in [3.05, 3.63) is 24.3 Å². The number of carbonyl (C=O) groups is 1. The van der Waals surface area contributed by atoms with Crippen LogP contribution in [-0.2, 0) is 33.2 Å². The molecule has 512 valence electrons. The predicted octanol–water partition coefficient (Wildman–Crippen LogP) is 9.05. The van der Waals surface area contributed by atoms with E-state index in [9.17, 15) is 61.0 Å². The highest BCUT2D eigenvalue weighted by Crippen LogP contribution is 2.33. The third-order valence-electron chi connectivity index (χ3n) is 17.8. The molecule has 0 saturated carbocycles. The second kappa shape index (κ2) is 50.8. The topological polar surface area (TPSA) is 307 Å². The van der Waals surface area contributed by atoms with Gasteiger partial charge in [0.1, 0.15) is 73.2 Å². The van der Waals surface area contributed by atoms with Crippen LogP contribution in [0, 0.1) is 0 Å². The zero-order valence-electron chi connectivity index (χ0n) is 54.0. The third kappa shape index (κ3) is 33.1. The van der Waals surface area contributed by atoms with Crippen molar-refractivity contribution in [3.8, 4) is 0 Å². The number of carbonyl (C=O) groups excluding carboxylic acids is 1. The van der Waals surface area contributed by atoms with Crippen molar-refractivity contribution in [3.63, 3.8) is 0 Å². The minimum atomic E-state index is -1.97. The predicted molar refractivity (Wildman–Crippen MR) is 337 cm³/mol. The fourth-order valence-electron chi connectivity index (χ4n) is 12.1. The molecule has 3 heterocycles. The van der Waals surface area contributed by atoms with Gasteiger partial charge in [0.2, 0.25) is 5.91 Å². The van der Waals surface area contributed by atoms with E-state index in [0.717, 1.165) is 57.8 Å². The summed E-state index contributed by atoms with van der Waals surface area (Å²) in [7, 11) is 0. The lowest BCUT2D eigenvalue weighted by Gasteiger charge is -2.48. The molecule has 1 amide bonds. The van der Waals surface area contributed by atoms with Gasteiger partial charge in [0.25, 0.3) is 0 Å². The number of hydrogen-bond donors (Lipinski definition) is 12. The van der Waals surface area contributed by atoms with Crippen molar-refractivity contribution in [2.45, 2.75) is 375 Å². The molecule has 12 N–H and O–H groups in total. The lowest BCUT2D eigenvalue weighted by Crippen LogP contribution is -2.66. The van der Waals surface area contributed by atoms with Gasteiger partial charge in [-0.3, -0.25) is 4.79 Å². The van der Waals surface area contributed by atoms with E-state index in [1.807, 2.05) is 0 Å². The minimum Gasteiger partial charge on any atom is -0.394 e. The first-order chi connectivity index (χ1) is 42.3. The summed E-state index contributed by atoms with van der Waals surface area (Å²) in [5.41, 5.74) is 0. The van der Waals surface area contributed by atoms with Crippen LogP contribution in [-0.4, -0.2) is 193 Å². The SMILES string of the molecule is CCCCC/C=C\C/C=C\CCCCCCCCCCCC(=O)NC(COC1OC(CO)C(OC2OC(CO)C(OC3OC(CO)C(O)C(O)C3O)C(O)C2O)C(O)C1O)C(O)CCCCCCCCCCCCCCCCCCCCCCCCC. The molecule has 17 unspecified atom stereocenters. The van der Waals surface area contributed by atoms with Crippen LogP contribution in [0.5, 0.6) is 0 Å². The molecule has 0 aromatic heterocycles. The zero-order chi connectivity index (χ0) is 63.3. The zero-order valence-corrected chi connectivity index (χ0v) is 54.0. The average molecular weight is 1250 g/mol. The molecular weight excluding hydrogens is 1120 g/mol. The molecular formula is C68H127NO18. The van der Waals surface area contributed by atoms with Gasteiger partial charge in [0, 0.05) is 6.42 Å². The van der Waals surface area contributed by atoms with Gasteiger partial charge in [-0.15, -0.1) is 0 Å². The fourth-order valence-corrected chi connectivity index (χ4v) is 12.1. The van der Waals surface area contributed by atoms with Crippen molar-refractivity contribution in [1.82, 2.24) is 5.32 Å². The van der Waals surface area contributed by atoms with E-state index in [4.69, 9.17) is 28.4 Å². The van der Waals surface area contributed by atoms with E-state index in [0.29, 0.717) is 12.8 Å². The maximum atomic E-state index is 13.4. The van der Waals surface area contributed by atoms with Crippen LogP contribution < -0.4 is 5.32 Å². The Balaban J connectivity index is 1.43. The fraction of sp³-hybridized carbons (Fsp3) is 0.926. The van der Waals surface area contributed by atoms with Gasteiger partial charge in [-0.1, -0.05) is 244 Å². The van der Waals surface area contributed by atoms with Crippen LogP contribution >= 0.6 is 0 Å². The van der Waals surface area contributed by atoms with Crippen LogP contribution in [0.15, 0.2) is 24.3 Å². The monoisotopic (exact) mass is 1250 g/mol. The molecule has 0 aliphatic carbocycles. The molecule has 17 atom stereocenters. The molecule has 3 rings (SSSR count). The first-order valence-corrected chi connectivity index (χ1v) is 35.1. The summed E-state index contributed by atoms with van der Waals surface area (Å²) in [6.07, 6.45) is 29.6. The Morgan fingerprint density at radius 3 is 1.20 bits per heavy atom. The number of unbranched alkanes of at least 4 members (excludes halogenated alkanes) is 34. The molecule has 0 radical (unpaired) electrons. The van der Waals surface area contributed by atoms with E-state index in [2.05, 4.69) is 43.5 Å². The van der Waals surface area contributed by atoms with Crippen molar-refractivity contribution < 1.29 is 89.4 Å². The molecule has 0 spiro atoms. The number of nitrogens with one attached hydrogen (secondary N) is 1. The van der Waals surface area contributed by atoms with Gasteiger partial charge < -0.3 is 89.9 Å². The number of aliphatic hydroxyl groups is 11. The van der Waals surface area contributed by atoms with Gasteiger partial charge in [0.15, 0.2) is 18.9 Å². The Morgan fingerprint density at radius 2 is 0.759 bits per heavy atom. The normalized spacial score (nSPS) is 28.7. The summed E-state index contributed by atoms with van der Waals surface area (Å²) in [4.78, 5) is 13.4. The Morgan fingerprint density at radius 1 is 0.414 bits per heavy atom. The molecule has 0 aromatic rings. The molecule has 3 saturated heterocycles. The quantitative estimate of drug-likeness (QED) is 0.0200. The summed E-state index contributed by atoms with van der Waals surface area (Å²) in [6.45, 7) is 1.80. The molecule has 19 nitrogen and oxygen atoms in total. The highest BCUT2D eigenvalue weighted by atomic mass is 16.8. The van der Waals surface area contributed by atoms with Crippen LogP contribution in [0.25, 0.3) is 0 Å². The highest BCUT2D eigenvalue weighted by Gasteiger charge is 2.53. The lowest BCUT2D eigenvalue weighted by atomic mass is 9.96. The van der Waals surface area contributed by atoms with E-state index in [1.165, 1.54) is 180 Å². The van der Waals surface area contributed by atoms with E-state index < -0.39 is 124 Å². The summed E-state index contributed by atoms with van der Waals surface area (Å²) in [6, 6.07) is -0.889. The van der Waals surface area contributed by atoms with E-state index in [-0.39, 0.29) is 18.9 Å². The Hall–Kier alpha value is -1.73. The summed E-state index contributed by atoms with van der Waals surface area (Å²) >= 11 is 0. The number of aliphatic hydroxyl groups excluding tert-OH is 11. The smallest absolute Gasteiger partial charge is 0.220 e. The Bertz CT molecular complexity index is 1680. The molecule has 3 aliphatic heterocycles. The maximum Gasteiger partial charge on any atom is 0.220 e. The number of rotatable bonds is 54. The van der Waals surface area contributed by atoms with Gasteiger partial charge >= 0.3 is 0 Å². The summed E-state index contributed by atoms with van der Waals surface area (Å²) in [5.74, 6) is -0.244. The molecule has 3 aliphatic rings. The van der Waals surface area contributed by atoms with Crippen LogP contribution in [0.2, 0.25) is 0 Å². The number of amides is 1. The largest absolute Gasteiger partial charge is 0.394 e. The Kier molecular flexibility index (Phi) is 46.4. The maximum absolute atomic E-state index is 13.4. The molecule has 0 aromatic carbocycles. The third-order valence-corrected chi connectivity index (χ3v) is 17.8. The van der Waals surface area contributed by atoms with Crippen molar-refractivity contribution in [1.29, 1.82) is 0 Å². The number of hydrogen-bond acceptors (Lipinski definition) is 18. The lowest BCUT2D eigenvalue weighted by molar-refractivity contribution is -0.379. The second-order valence-electron chi connectivity index (χ2n) is 25.3. The molecule has 87 heavy (non-hydrogen) atoms. The number of ether oxygens (including phenoxy) is 6. The minimum absolute atomic E-state index is 0.244. The van der Waals surface area contributed by atoms with E-state index >= 15 is 0 Å². The average Bonchev–Trinajstić information content (AvgIpc) is 2.87. The van der Waals surface area contributed by atoms with Gasteiger partial charge in [-0.05, 0) is 44.9 Å². The first-order valence-electron chi connectivity index (χ1n) is 35.1. The number of allylic oxidation sites excluding steroid dienone is 4. The standard InChI is InChI=1S/C68H127NO18/c1-3-5-7-9-11-13-15-17-19-21-23-24-25-26-28-29-31-33-35-37-39-41-43-45-52(73)51(69-56(74)46-44-42-40-38-36-34-32-30-27-22-20-18-16-14-12-10-8-6-4-2)50-82-66-62(80)59(77)64(54(48-71)84-66)87-68-63(81)60(78)65(55(49-72)85-68)86-67-61(79)58(76)57(75)53(47-70)83-67/h12,14,18,20,51-55,57-68,70-73,75-81H,3-11,13,15-17,19,21-50H2,1-2H3,(H,69,74)/b14-12-,20-18-. The van der Waals surface area contributed by atoms with Gasteiger partial charge in [-0.2, -0.15) is 0 Å². The summed E-state index contributed by atoms with van der Waals surface area (Å²) in [5, 5.41) is 121. The van der Waals surface area contributed by atoms with E-state index in [1.54, 1.807) is 0 Å². The van der Waals surface area contributed by atoms with Crippen LogP contribution in [0.4, 0.5) is 0 Å². The molecule has 19 heteroatoms. The molecule has 0 bridgehead atoms. The van der Waals surface area contributed by atoms with Gasteiger partial charge in [-0.25, -0.2) is 0 Å². The Labute approximate surface area is 524 Å². The van der Waals surface area contributed by atoms with Crippen LogP contribution in [0.1, 0.15) is 271 Å². The first kappa shape index (κ1) is 79.5. The van der Waals surface area contributed by atoms with Crippen molar-refractivity contribution in [2.24, 2.45) is 0 Å². The van der Waals surface area contributed by atoms with Gasteiger partial charge in [0.05, 0.1) is 38.6 Å². The van der Waals surface area contributed by atoms with Crippen molar-refractivity contribution in [2.75, 3.05) is 26.4 Å².